The molecule has 0 amide bonds. The van der Waals surface area contributed by atoms with Crippen LogP contribution in [0.15, 0.2) is 54.3 Å². The second-order valence-corrected chi connectivity index (χ2v) is 3.71. The number of ketones is 1. The quantitative estimate of drug-likeness (QED) is 0.603. The summed E-state index contributed by atoms with van der Waals surface area (Å²) in [5.74, 6) is -1.42. The summed E-state index contributed by atoms with van der Waals surface area (Å²) < 4.78 is 9.50. The van der Waals surface area contributed by atoms with Gasteiger partial charge in [0.15, 0.2) is 12.4 Å². The van der Waals surface area contributed by atoms with Crippen LogP contribution in [0.3, 0.4) is 0 Å². The van der Waals surface area contributed by atoms with Crippen LogP contribution < -0.4 is 0 Å². The monoisotopic (exact) mass is 258 g/mol. The van der Waals surface area contributed by atoms with E-state index in [4.69, 9.17) is 4.74 Å². The molecule has 1 aliphatic rings. The van der Waals surface area contributed by atoms with E-state index in [0.717, 1.165) is 6.08 Å². The Kier molecular flexibility index (Phi) is 3.87. The van der Waals surface area contributed by atoms with Crippen LogP contribution in [-0.2, 0) is 19.1 Å². The number of esters is 2. The van der Waals surface area contributed by atoms with Gasteiger partial charge in [0.25, 0.3) is 0 Å². The van der Waals surface area contributed by atoms with E-state index in [9.17, 15) is 14.4 Å². The van der Waals surface area contributed by atoms with Crippen LogP contribution >= 0.6 is 0 Å². The van der Waals surface area contributed by atoms with Crippen LogP contribution in [0.5, 0.6) is 0 Å². The van der Waals surface area contributed by atoms with E-state index in [1.165, 1.54) is 12.2 Å². The zero-order valence-electron chi connectivity index (χ0n) is 9.87. The smallest absolute Gasteiger partial charge is 0.338 e. The predicted octanol–water partition coefficient (Wildman–Crippen LogP) is 1.41. The summed E-state index contributed by atoms with van der Waals surface area (Å²) in [6, 6.07) is 8.35. The van der Waals surface area contributed by atoms with Crippen molar-refractivity contribution in [3.8, 4) is 0 Å². The van der Waals surface area contributed by atoms with Crippen molar-refractivity contribution in [3.05, 3.63) is 59.9 Å². The van der Waals surface area contributed by atoms with E-state index >= 15 is 0 Å². The largest absolute Gasteiger partial charge is 0.454 e. The maximum absolute atomic E-state index is 11.5. The molecule has 0 saturated heterocycles. The summed E-state index contributed by atoms with van der Waals surface area (Å²) in [5, 5.41) is 0. The molecule has 0 saturated carbocycles. The first kappa shape index (κ1) is 12.8. The Hall–Kier alpha value is -2.69. The zero-order valence-corrected chi connectivity index (χ0v) is 9.87. The number of carbonyl (C=O) groups excluding carboxylic acids is 3. The molecule has 5 heteroatoms. The van der Waals surface area contributed by atoms with Gasteiger partial charge in [0.2, 0.25) is 0 Å². The van der Waals surface area contributed by atoms with E-state index in [0.29, 0.717) is 5.56 Å². The highest BCUT2D eigenvalue weighted by molar-refractivity contribution is 5.96. The Labute approximate surface area is 109 Å². The van der Waals surface area contributed by atoms with E-state index in [-0.39, 0.29) is 5.76 Å². The number of allylic oxidation sites excluding steroid dienone is 1. The normalized spacial score (nSPS) is 15.4. The van der Waals surface area contributed by atoms with Crippen molar-refractivity contribution in [2.24, 2.45) is 0 Å². The van der Waals surface area contributed by atoms with Crippen molar-refractivity contribution < 1.29 is 23.9 Å². The average molecular weight is 258 g/mol. The van der Waals surface area contributed by atoms with Gasteiger partial charge < -0.3 is 9.47 Å². The van der Waals surface area contributed by atoms with Gasteiger partial charge in [0.05, 0.1) is 5.56 Å². The maximum Gasteiger partial charge on any atom is 0.338 e. The van der Waals surface area contributed by atoms with E-state index in [1.54, 1.807) is 30.3 Å². The van der Waals surface area contributed by atoms with Gasteiger partial charge in [-0.15, -0.1) is 0 Å². The number of rotatable bonds is 4. The van der Waals surface area contributed by atoms with Crippen molar-refractivity contribution in [1.82, 2.24) is 0 Å². The maximum atomic E-state index is 11.5. The summed E-state index contributed by atoms with van der Waals surface area (Å²) in [6.45, 7) is -0.400. The molecular weight excluding hydrogens is 248 g/mol. The molecule has 96 valence electrons. The Morgan fingerprint density at radius 3 is 2.53 bits per heavy atom. The van der Waals surface area contributed by atoms with Gasteiger partial charge in [0.1, 0.15) is 5.76 Å². The second-order valence-electron chi connectivity index (χ2n) is 3.71. The van der Waals surface area contributed by atoms with E-state index < -0.39 is 24.3 Å². The third kappa shape index (κ3) is 3.64. The first-order valence-electron chi connectivity index (χ1n) is 5.52. The molecule has 1 aromatic rings. The minimum atomic E-state index is -0.577. The highest BCUT2D eigenvalue weighted by Gasteiger charge is 2.13. The molecule has 0 spiro atoms. The topological polar surface area (TPSA) is 69.7 Å². The van der Waals surface area contributed by atoms with Gasteiger partial charge in [-0.3, -0.25) is 4.79 Å². The van der Waals surface area contributed by atoms with Crippen LogP contribution in [0.2, 0.25) is 0 Å². The third-order valence-electron chi connectivity index (χ3n) is 2.26. The van der Waals surface area contributed by atoms with Crippen LogP contribution in [0.25, 0.3) is 0 Å². The first-order chi connectivity index (χ1) is 9.15. The fraction of sp³-hybridized carbons (Fsp3) is 0.0714. The SMILES string of the molecule is O=C(C=C1C=CC(=O)O1)COC(=O)c1ccccc1. The number of hydrogen-bond donors (Lipinski definition) is 0. The summed E-state index contributed by atoms with van der Waals surface area (Å²) in [7, 11) is 0. The molecule has 1 aliphatic heterocycles. The molecular formula is C14H10O5. The summed E-state index contributed by atoms with van der Waals surface area (Å²) in [5.41, 5.74) is 0.371. The second kappa shape index (κ2) is 5.77. The molecule has 0 bridgehead atoms. The molecule has 0 fully saturated rings. The van der Waals surface area contributed by atoms with Gasteiger partial charge in [-0.25, -0.2) is 9.59 Å². The van der Waals surface area contributed by atoms with E-state index in [2.05, 4.69) is 4.74 Å². The molecule has 1 aromatic carbocycles. The van der Waals surface area contributed by atoms with Crippen molar-refractivity contribution >= 4 is 17.7 Å². The van der Waals surface area contributed by atoms with Gasteiger partial charge in [-0.05, 0) is 18.2 Å². The molecule has 0 atom stereocenters. The van der Waals surface area contributed by atoms with Gasteiger partial charge >= 0.3 is 11.9 Å². The Morgan fingerprint density at radius 2 is 1.89 bits per heavy atom. The Bertz CT molecular complexity index is 569. The zero-order chi connectivity index (χ0) is 13.7. The predicted molar refractivity (Wildman–Crippen MR) is 65.0 cm³/mol. The number of hydrogen-bond acceptors (Lipinski definition) is 5. The summed E-state index contributed by atoms with van der Waals surface area (Å²) in [4.78, 5) is 33.7. The molecule has 0 aromatic heterocycles. The van der Waals surface area contributed by atoms with Gasteiger partial charge in [-0.2, -0.15) is 0 Å². The highest BCUT2D eigenvalue weighted by atomic mass is 16.5. The molecule has 19 heavy (non-hydrogen) atoms. The van der Waals surface area contributed by atoms with Crippen LogP contribution in [0, 0.1) is 0 Å². The van der Waals surface area contributed by atoms with Gasteiger partial charge in [-0.1, -0.05) is 18.2 Å². The van der Waals surface area contributed by atoms with Crippen LogP contribution in [0.4, 0.5) is 0 Å². The fourth-order valence-corrected chi connectivity index (χ4v) is 1.41. The molecule has 5 nitrogen and oxygen atoms in total. The lowest BCUT2D eigenvalue weighted by molar-refractivity contribution is -0.132. The highest BCUT2D eigenvalue weighted by Crippen LogP contribution is 2.09. The number of cyclic esters (lactones) is 1. The number of ether oxygens (including phenoxy) is 2. The minimum absolute atomic E-state index is 0.144. The van der Waals surface area contributed by atoms with Crippen molar-refractivity contribution in [1.29, 1.82) is 0 Å². The lowest BCUT2D eigenvalue weighted by atomic mass is 10.2. The Balaban J connectivity index is 1.86. The minimum Gasteiger partial charge on any atom is -0.454 e. The Morgan fingerprint density at radius 1 is 1.16 bits per heavy atom. The lowest BCUT2D eigenvalue weighted by Gasteiger charge is -2.02. The van der Waals surface area contributed by atoms with Crippen LogP contribution in [0.1, 0.15) is 10.4 Å². The summed E-state index contributed by atoms with van der Waals surface area (Å²) >= 11 is 0. The van der Waals surface area contributed by atoms with E-state index in [1.807, 2.05) is 0 Å². The molecule has 2 rings (SSSR count). The molecule has 0 unspecified atom stereocenters. The molecule has 0 N–H and O–H groups in total. The average Bonchev–Trinajstić information content (AvgIpc) is 2.82. The fourth-order valence-electron chi connectivity index (χ4n) is 1.41. The third-order valence-corrected chi connectivity index (χ3v) is 2.26. The van der Waals surface area contributed by atoms with Crippen molar-refractivity contribution in [3.63, 3.8) is 0 Å². The lowest BCUT2D eigenvalue weighted by Crippen LogP contribution is -2.12. The van der Waals surface area contributed by atoms with Crippen molar-refractivity contribution in [2.75, 3.05) is 6.61 Å². The molecule has 0 radical (unpaired) electrons. The molecule has 1 heterocycles. The first-order valence-corrected chi connectivity index (χ1v) is 5.52. The van der Waals surface area contributed by atoms with Crippen LogP contribution in [-0.4, -0.2) is 24.3 Å². The summed E-state index contributed by atoms with van der Waals surface area (Å²) in [6.07, 6.45) is 3.69. The van der Waals surface area contributed by atoms with Crippen molar-refractivity contribution in [2.45, 2.75) is 0 Å². The number of carbonyl (C=O) groups is 3. The number of benzene rings is 1. The standard InChI is InChI=1S/C14H10O5/c15-11(8-12-6-7-13(16)19-12)9-18-14(17)10-4-2-1-3-5-10/h1-8H,9H2. The van der Waals surface area contributed by atoms with Gasteiger partial charge in [0, 0.05) is 12.2 Å². The molecule has 0 aliphatic carbocycles.